The predicted octanol–water partition coefficient (Wildman–Crippen LogP) is -0.679. The molecule has 0 aliphatic rings. The molecule has 1 aromatic heterocycles. The Morgan fingerprint density at radius 3 is 2.53 bits per heavy atom. The molecule has 90 valence electrons. The van der Waals surface area contributed by atoms with E-state index in [-0.39, 0.29) is 29.6 Å². The first-order valence-corrected chi connectivity index (χ1v) is 5.24. The third-order valence-corrected chi connectivity index (χ3v) is 2.17. The summed E-state index contributed by atoms with van der Waals surface area (Å²) in [4.78, 5) is 26.1. The lowest BCUT2D eigenvalue weighted by molar-refractivity contribution is -0.117. The molecule has 0 spiro atoms. The first-order chi connectivity index (χ1) is 8.00. The predicted molar refractivity (Wildman–Crippen MR) is 66.3 cm³/mol. The smallest absolute Gasteiger partial charge is 0.269 e. The van der Waals surface area contributed by atoms with Crippen molar-refractivity contribution in [3.8, 4) is 0 Å². The highest BCUT2D eigenvalue weighted by molar-refractivity contribution is 7.80. The molecule has 2 amide bonds. The van der Waals surface area contributed by atoms with Crippen LogP contribution < -0.4 is 16.8 Å². The minimum Gasteiger partial charge on any atom is -0.389 e. The van der Waals surface area contributed by atoms with Crippen LogP contribution in [0.25, 0.3) is 0 Å². The topological polar surface area (TPSA) is 111 Å². The number of carbonyl (C=O) groups excluding carboxylic acids is 2. The summed E-state index contributed by atoms with van der Waals surface area (Å²) in [5, 5.41) is 2.51. The number of nitrogens with one attached hydrogen (secondary N) is 1. The van der Waals surface area contributed by atoms with Crippen molar-refractivity contribution in [3.63, 3.8) is 0 Å². The summed E-state index contributed by atoms with van der Waals surface area (Å²) in [6.07, 6.45) is 1.52. The van der Waals surface area contributed by atoms with Crippen molar-refractivity contribution in [2.75, 3.05) is 6.54 Å². The molecule has 1 aromatic rings. The summed E-state index contributed by atoms with van der Waals surface area (Å²) in [6, 6.07) is 3.12. The van der Waals surface area contributed by atoms with Gasteiger partial charge in [0, 0.05) is 24.7 Å². The normalized spacial score (nSPS) is 9.65. The molecule has 0 saturated heterocycles. The average molecular weight is 252 g/mol. The number of nitrogens with two attached hydrogens (primary N) is 2. The van der Waals surface area contributed by atoms with Gasteiger partial charge in [-0.1, -0.05) is 12.2 Å². The lowest BCUT2D eigenvalue weighted by Gasteiger charge is -2.03. The van der Waals surface area contributed by atoms with Crippen LogP contribution in [0, 0.1) is 0 Å². The highest BCUT2D eigenvalue weighted by Gasteiger charge is 2.07. The Morgan fingerprint density at radius 2 is 2.06 bits per heavy atom. The molecule has 0 atom stereocenters. The van der Waals surface area contributed by atoms with E-state index in [1.54, 1.807) is 6.07 Å². The molecule has 7 heteroatoms. The summed E-state index contributed by atoms with van der Waals surface area (Å²) < 4.78 is 0. The summed E-state index contributed by atoms with van der Waals surface area (Å²) >= 11 is 4.76. The highest BCUT2D eigenvalue weighted by Crippen LogP contribution is 2.00. The van der Waals surface area contributed by atoms with E-state index in [0.29, 0.717) is 5.56 Å². The molecule has 0 radical (unpaired) electrons. The second-order valence-electron chi connectivity index (χ2n) is 3.27. The van der Waals surface area contributed by atoms with Crippen molar-refractivity contribution in [1.29, 1.82) is 0 Å². The SMILES string of the molecule is NC(=O)CCNC(=O)c1ccc(C(N)=S)cn1. The molecule has 0 bridgehead atoms. The second-order valence-corrected chi connectivity index (χ2v) is 3.71. The molecule has 17 heavy (non-hydrogen) atoms. The van der Waals surface area contributed by atoms with E-state index in [4.69, 9.17) is 23.7 Å². The van der Waals surface area contributed by atoms with Crippen LogP contribution in [0.15, 0.2) is 18.3 Å². The maximum Gasteiger partial charge on any atom is 0.269 e. The molecular weight excluding hydrogens is 240 g/mol. The van der Waals surface area contributed by atoms with Crippen molar-refractivity contribution in [2.45, 2.75) is 6.42 Å². The Bertz CT molecular complexity index is 444. The van der Waals surface area contributed by atoms with Gasteiger partial charge in [0.15, 0.2) is 0 Å². The molecule has 1 heterocycles. The van der Waals surface area contributed by atoms with Crippen molar-refractivity contribution < 1.29 is 9.59 Å². The van der Waals surface area contributed by atoms with Crippen LogP contribution in [-0.4, -0.2) is 28.3 Å². The second kappa shape index (κ2) is 5.90. The lowest BCUT2D eigenvalue weighted by Crippen LogP contribution is -2.28. The van der Waals surface area contributed by atoms with E-state index < -0.39 is 5.91 Å². The fourth-order valence-corrected chi connectivity index (χ4v) is 1.18. The molecule has 0 unspecified atom stereocenters. The van der Waals surface area contributed by atoms with Crippen LogP contribution in [0.2, 0.25) is 0 Å². The Balaban J connectivity index is 2.57. The van der Waals surface area contributed by atoms with Crippen molar-refractivity contribution in [3.05, 3.63) is 29.6 Å². The van der Waals surface area contributed by atoms with Gasteiger partial charge in [-0.3, -0.25) is 14.6 Å². The maximum absolute atomic E-state index is 11.5. The number of rotatable bonds is 5. The van der Waals surface area contributed by atoms with Crippen LogP contribution >= 0.6 is 12.2 Å². The summed E-state index contributed by atoms with van der Waals surface area (Å²) in [6.45, 7) is 0.187. The van der Waals surface area contributed by atoms with E-state index in [9.17, 15) is 9.59 Å². The lowest BCUT2D eigenvalue weighted by atomic mass is 10.2. The van der Waals surface area contributed by atoms with Gasteiger partial charge in [-0.2, -0.15) is 0 Å². The molecule has 1 rings (SSSR count). The van der Waals surface area contributed by atoms with E-state index in [1.165, 1.54) is 12.3 Å². The highest BCUT2D eigenvalue weighted by atomic mass is 32.1. The van der Waals surface area contributed by atoms with Gasteiger partial charge in [0.1, 0.15) is 10.7 Å². The molecule has 6 nitrogen and oxygen atoms in total. The number of aromatic nitrogens is 1. The summed E-state index contributed by atoms with van der Waals surface area (Å²) in [7, 11) is 0. The van der Waals surface area contributed by atoms with Crippen molar-refractivity contribution in [1.82, 2.24) is 10.3 Å². The van der Waals surface area contributed by atoms with Gasteiger partial charge in [-0.25, -0.2) is 0 Å². The zero-order chi connectivity index (χ0) is 12.8. The van der Waals surface area contributed by atoms with Crippen molar-refractivity contribution >= 4 is 29.0 Å². The van der Waals surface area contributed by atoms with E-state index in [2.05, 4.69) is 10.3 Å². The van der Waals surface area contributed by atoms with E-state index in [1.807, 2.05) is 0 Å². The number of primary amides is 1. The molecule has 5 N–H and O–H groups in total. The van der Waals surface area contributed by atoms with Crippen LogP contribution in [-0.2, 0) is 4.79 Å². The Morgan fingerprint density at radius 1 is 1.35 bits per heavy atom. The van der Waals surface area contributed by atoms with E-state index in [0.717, 1.165) is 0 Å². The first kappa shape index (κ1) is 13.0. The zero-order valence-electron chi connectivity index (χ0n) is 8.97. The fourth-order valence-electron chi connectivity index (χ4n) is 1.06. The van der Waals surface area contributed by atoms with Gasteiger partial charge >= 0.3 is 0 Å². The number of pyridine rings is 1. The number of hydrogen-bond donors (Lipinski definition) is 3. The zero-order valence-corrected chi connectivity index (χ0v) is 9.79. The minimum atomic E-state index is -0.470. The third kappa shape index (κ3) is 4.15. The maximum atomic E-state index is 11.5. The van der Waals surface area contributed by atoms with Gasteiger partial charge in [0.05, 0.1) is 0 Å². The Labute approximate surface area is 103 Å². The molecule has 0 aliphatic heterocycles. The number of amides is 2. The largest absolute Gasteiger partial charge is 0.389 e. The third-order valence-electron chi connectivity index (χ3n) is 1.94. The molecule has 0 aromatic carbocycles. The minimum absolute atomic E-state index is 0.0940. The van der Waals surface area contributed by atoms with Gasteiger partial charge in [0.2, 0.25) is 5.91 Å². The van der Waals surface area contributed by atoms with Crippen molar-refractivity contribution in [2.24, 2.45) is 11.5 Å². The monoisotopic (exact) mass is 252 g/mol. The average Bonchev–Trinajstić information content (AvgIpc) is 2.28. The number of hydrogen-bond acceptors (Lipinski definition) is 4. The van der Waals surface area contributed by atoms with Crippen LogP contribution in [0.5, 0.6) is 0 Å². The van der Waals surface area contributed by atoms with Crippen LogP contribution in [0.1, 0.15) is 22.5 Å². The summed E-state index contributed by atoms with van der Waals surface area (Å²) in [5.41, 5.74) is 11.2. The fraction of sp³-hybridized carbons (Fsp3) is 0.200. The standard InChI is InChI=1S/C10H12N4O2S/c11-8(15)3-4-13-10(16)7-2-1-6(5-14-7)9(12)17/h1-2,5H,3-4H2,(H2,11,15)(H2,12,17)(H,13,16). The summed E-state index contributed by atoms with van der Waals surface area (Å²) in [5.74, 6) is -0.845. The Hall–Kier alpha value is -2.02. The number of carbonyl (C=O) groups is 2. The van der Waals surface area contributed by atoms with Gasteiger partial charge < -0.3 is 16.8 Å². The molecule has 0 aliphatic carbocycles. The molecule has 0 saturated carbocycles. The number of nitrogens with zero attached hydrogens (tertiary/aromatic N) is 1. The first-order valence-electron chi connectivity index (χ1n) is 4.83. The van der Waals surface area contributed by atoms with E-state index >= 15 is 0 Å². The molecule has 0 fully saturated rings. The quantitative estimate of drug-likeness (QED) is 0.601. The van der Waals surface area contributed by atoms with Gasteiger partial charge in [-0.15, -0.1) is 0 Å². The van der Waals surface area contributed by atoms with Gasteiger partial charge in [-0.05, 0) is 12.1 Å². The van der Waals surface area contributed by atoms with Crippen LogP contribution in [0.4, 0.5) is 0 Å². The molecular formula is C10H12N4O2S. The number of thiocarbonyl (C=S) groups is 1. The van der Waals surface area contributed by atoms with Crippen LogP contribution in [0.3, 0.4) is 0 Å². The van der Waals surface area contributed by atoms with Gasteiger partial charge in [0.25, 0.3) is 5.91 Å². The Kier molecular flexibility index (Phi) is 4.53.